The molecule has 0 unspecified atom stereocenters. The number of aliphatic hydroxyl groups is 1. The molecule has 0 aliphatic heterocycles. The zero-order chi connectivity index (χ0) is 15.7. The molecule has 3 heteroatoms. The topological polar surface area (TPSA) is 32.7 Å². The van der Waals surface area contributed by atoms with Crippen LogP contribution < -0.4 is 0 Å². The third-order valence-corrected chi connectivity index (χ3v) is 6.85. The number of hydrogen-bond acceptors (Lipinski definition) is 3. The lowest BCUT2D eigenvalue weighted by Gasteiger charge is -2.39. The number of rotatable bonds is 8. The molecule has 0 aromatic rings. The minimum atomic E-state index is -0.260. The van der Waals surface area contributed by atoms with Crippen molar-refractivity contribution in [2.45, 2.75) is 72.5 Å². The summed E-state index contributed by atoms with van der Waals surface area (Å²) < 4.78 is 6.22. The summed E-state index contributed by atoms with van der Waals surface area (Å²) in [5.41, 5.74) is 0.749. The lowest BCUT2D eigenvalue weighted by Crippen LogP contribution is -2.38. The molecule has 0 saturated heterocycles. The average molecular weight is 297 g/mol. The van der Waals surface area contributed by atoms with Crippen LogP contribution in [0, 0.1) is 16.7 Å². The fraction of sp³-hybridized carbons (Fsp3) is 1.00. The van der Waals surface area contributed by atoms with Gasteiger partial charge in [-0.15, -0.1) is 0 Å². The van der Waals surface area contributed by atoms with Crippen molar-refractivity contribution in [3.05, 3.63) is 0 Å². The molecule has 0 spiro atoms. The molecular weight excluding hydrogens is 262 g/mol. The van der Waals surface area contributed by atoms with Gasteiger partial charge in [0.25, 0.3) is 0 Å². The van der Waals surface area contributed by atoms with E-state index in [0.29, 0.717) is 23.5 Å². The molecule has 2 bridgehead atoms. The maximum Gasteiger partial charge on any atom is 0.0689 e. The van der Waals surface area contributed by atoms with Crippen LogP contribution in [0.15, 0.2) is 0 Å². The molecule has 0 heterocycles. The molecule has 4 atom stereocenters. The van der Waals surface area contributed by atoms with E-state index < -0.39 is 0 Å². The lowest BCUT2D eigenvalue weighted by atomic mass is 9.70. The van der Waals surface area contributed by atoms with Gasteiger partial charge in [-0.05, 0) is 55.5 Å². The van der Waals surface area contributed by atoms with Gasteiger partial charge in [-0.3, -0.25) is 0 Å². The van der Waals surface area contributed by atoms with Crippen LogP contribution in [0.25, 0.3) is 0 Å². The van der Waals surface area contributed by atoms with Crippen molar-refractivity contribution in [2.24, 2.45) is 16.7 Å². The molecule has 2 fully saturated rings. The third kappa shape index (κ3) is 3.16. The Morgan fingerprint density at radius 1 is 1.24 bits per heavy atom. The second kappa shape index (κ2) is 6.55. The Morgan fingerprint density at radius 3 is 2.38 bits per heavy atom. The van der Waals surface area contributed by atoms with Crippen LogP contribution >= 0.6 is 0 Å². The molecule has 0 amide bonds. The highest BCUT2D eigenvalue weighted by molar-refractivity contribution is 5.11. The number of aliphatic hydroxyl groups excluding tert-OH is 1. The Bertz CT molecular complexity index is 340. The molecule has 3 nitrogen and oxygen atoms in total. The van der Waals surface area contributed by atoms with Gasteiger partial charge >= 0.3 is 0 Å². The van der Waals surface area contributed by atoms with E-state index >= 15 is 0 Å². The Balaban J connectivity index is 1.75. The fourth-order valence-corrected chi connectivity index (χ4v) is 4.60. The molecule has 0 aromatic carbocycles. The number of likely N-dealkylation sites (N-methyl/N-ethyl adjacent to an activating group) is 1. The maximum atomic E-state index is 10.1. The molecular formula is C18H35NO2. The van der Waals surface area contributed by atoms with Gasteiger partial charge in [0.05, 0.1) is 12.2 Å². The molecule has 2 rings (SSSR count). The molecule has 0 radical (unpaired) electrons. The fourth-order valence-electron chi connectivity index (χ4n) is 4.60. The van der Waals surface area contributed by atoms with E-state index in [4.69, 9.17) is 4.74 Å². The minimum absolute atomic E-state index is 0.260. The molecule has 2 aliphatic rings. The van der Waals surface area contributed by atoms with Gasteiger partial charge in [-0.1, -0.05) is 34.6 Å². The maximum absolute atomic E-state index is 10.1. The second-order valence-electron chi connectivity index (χ2n) is 7.90. The first kappa shape index (κ1) is 17.2. The van der Waals surface area contributed by atoms with Crippen molar-refractivity contribution in [3.8, 4) is 0 Å². The first-order valence-corrected chi connectivity index (χ1v) is 8.87. The van der Waals surface area contributed by atoms with Crippen molar-refractivity contribution in [1.82, 2.24) is 4.90 Å². The van der Waals surface area contributed by atoms with Gasteiger partial charge in [0.2, 0.25) is 0 Å². The van der Waals surface area contributed by atoms with E-state index in [9.17, 15) is 5.11 Å². The predicted molar refractivity (Wildman–Crippen MR) is 87.4 cm³/mol. The van der Waals surface area contributed by atoms with Gasteiger partial charge in [0.1, 0.15) is 0 Å². The average Bonchev–Trinajstić information content (AvgIpc) is 2.78. The van der Waals surface area contributed by atoms with Crippen LogP contribution in [0.3, 0.4) is 0 Å². The largest absolute Gasteiger partial charge is 0.392 e. The van der Waals surface area contributed by atoms with Crippen LogP contribution in [0.5, 0.6) is 0 Å². The summed E-state index contributed by atoms with van der Waals surface area (Å²) in [4.78, 5) is 2.27. The summed E-state index contributed by atoms with van der Waals surface area (Å²) in [7, 11) is 0. The van der Waals surface area contributed by atoms with Crippen LogP contribution in [-0.4, -0.2) is 48.5 Å². The zero-order valence-electron chi connectivity index (χ0n) is 14.7. The molecule has 21 heavy (non-hydrogen) atoms. The SMILES string of the molecule is CCN(CC)C[C@H](O)CCO[C@H]1C[C@@H]2CC[C@]1(C)C2(C)C. The number of hydrogen-bond donors (Lipinski definition) is 1. The smallest absolute Gasteiger partial charge is 0.0689 e. The predicted octanol–water partition coefficient (Wildman–Crippen LogP) is 3.31. The molecule has 2 saturated carbocycles. The lowest BCUT2D eigenvalue weighted by molar-refractivity contribution is -0.0562. The van der Waals surface area contributed by atoms with Gasteiger partial charge < -0.3 is 14.7 Å². The molecule has 124 valence electrons. The normalized spacial score (nSPS) is 35.6. The van der Waals surface area contributed by atoms with Crippen LogP contribution in [0.4, 0.5) is 0 Å². The number of fused-ring (bicyclic) bond motifs is 2. The second-order valence-corrected chi connectivity index (χ2v) is 7.90. The monoisotopic (exact) mass is 297 g/mol. The van der Waals surface area contributed by atoms with Crippen LogP contribution in [-0.2, 0) is 4.74 Å². The third-order valence-electron chi connectivity index (χ3n) is 6.85. The summed E-state index contributed by atoms with van der Waals surface area (Å²) in [5, 5.41) is 10.1. The van der Waals surface area contributed by atoms with E-state index in [0.717, 1.165) is 32.0 Å². The van der Waals surface area contributed by atoms with Gasteiger partial charge in [-0.25, -0.2) is 0 Å². The Morgan fingerprint density at radius 2 is 1.90 bits per heavy atom. The Labute approximate surface area is 131 Å². The number of nitrogens with zero attached hydrogens (tertiary/aromatic N) is 1. The van der Waals surface area contributed by atoms with Crippen molar-refractivity contribution in [1.29, 1.82) is 0 Å². The Hall–Kier alpha value is -0.120. The summed E-state index contributed by atoms with van der Waals surface area (Å²) in [6, 6.07) is 0. The number of ether oxygens (including phenoxy) is 1. The van der Waals surface area contributed by atoms with Crippen LogP contribution in [0.2, 0.25) is 0 Å². The zero-order valence-corrected chi connectivity index (χ0v) is 14.7. The molecule has 1 N–H and O–H groups in total. The summed E-state index contributed by atoms with van der Waals surface area (Å²) >= 11 is 0. The van der Waals surface area contributed by atoms with Crippen molar-refractivity contribution in [3.63, 3.8) is 0 Å². The standard InChI is InChI=1S/C18H35NO2/c1-6-19(7-2)13-15(20)9-11-21-16-12-14-8-10-18(16,5)17(14,3)4/h14-16,20H,6-13H2,1-5H3/t14-,15+,16-,18-/m0/s1. The van der Waals surface area contributed by atoms with Crippen molar-refractivity contribution >= 4 is 0 Å². The van der Waals surface area contributed by atoms with Crippen LogP contribution in [0.1, 0.15) is 60.3 Å². The van der Waals surface area contributed by atoms with E-state index in [1.54, 1.807) is 0 Å². The van der Waals surface area contributed by atoms with Gasteiger partial charge in [0, 0.05) is 13.2 Å². The summed E-state index contributed by atoms with van der Waals surface area (Å²) in [5.74, 6) is 0.827. The Kier molecular flexibility index (Phi) is 5.38. The first-order valence-electron chi connectivity index (χ1n) is 8.87. The van der Waals surface area contributed by atoms with Crippen molar-refractivity contribution < 1.29 is 9.84 Å². The van der Waals surface area contributed by atoms with Crippen molar-refractivity contribution in [2.75, 3.05) is 26.2 Å². The summed E-state index contributed by atoms with van der Waals surface area (Å²) in [6.07, 6.45) is 4.78. The van der Waals surface area contributed by atoms with E-state index in [-0.39, 0.29) is 6.10 Å². The van der Waals surface area contributed by atoms with Gasteiger partial charge in [-0.2, -0.15) is 0 Å². The molecule has 0 aromatic heterocycles. The first-order chi connectivity index (χ1) is 9.85. The highest BCUT2D eigenvalue weighted by Gasteiger charge is 2.61. The molecule has 2 aliphatic carbocycles. The quantitative estimate of drug-likeness (QED) is 0.746. The van der Waals surface area contributed by atoms with Gasteiger partial charge in [0.15, 0.2) is 0 Å². The van der Waals surface area contributed by atoms with E-state index in [1.165, 1.54) is 19.3 Å². The van der Waals surface area contributed by atoms with E-state index in [1.807, 2.05) is 0 Å². The van der Waals surface area contributed by atoms with E-state index in [2.05, 4.69) is 39.5 Å². The highest BCUT2D eigenvalue weighted by atomic mass is 16.5. The summed E-state index contributed by atoms with van der Waals surface area (Å²) in [6.45, 7) is 15.0. The minimum Gasteiger partial charge on any atom is -0.392 e. The highest BCUT2D eigenvalue weighted by Crippen LogP contribution is 2.66.